The number of nitrogens with zero attached hydrogens (tertiary/aromatic N) is 2. The number of amides is 1. The topological polar surface area (TPSA) is 73.6 Å². The lowest BCUT2D eigenvalue weighted by Gasteiger charge is -2.16. The first kappa shape index (κ1) is 12.0. The van der Waals surface area contributed by atoms with Crippen molar-refractivity contribution in [1.82, 2.24) is 0 Å². The van der Waals surface area contributed by atoms with Crippen LogP contribution in [0.4, 0.5) is 10.5 Å². The van der Waals surface area contributed by atoms with Crippen molar-refractivity contribution in [2.75, 3.05) is 25.2 Å². The van der Waals surface area contributed by atoms with Gasteiger partial charge in [-0.2, -0.15) is 5.26 Å². The van der Waals surface area contributed by atoms with E-state index in [2.05, 4.69) is 0 Å². The lowest BCUT2D eigenvalue weighted by Crippen LogP contribution is -2.27. The molecule has 0 fully saturated rings. The lowest BCUT2D eigenvalue weighted by molar-refractivity contribution is 0.126. The number of benzene rings is 1. The standard InChI is InChI=1S/C11H12N2O3/c1-13(11(15)16-6-5-14)10-4-2-3-9(7-10)8-12/h2-4,7,14H,5-6H2,1H3. The van der Waals surface area contributed by atoms with Crippen molar-refractivity contribution in [1.29, 1.82) is 5.26 Å². The van der Waals surface area contributed by atoms with Gasteiger partial charge in [-0.15, -0.1) is 0 Å². The number of nitriles is 1. The summed E-state index contributed by atoms with van der Waals surface area (Å²) in [6.45, 7) is -0.251. The second-order valence-electron chi connectivity index (χ2n) is 3.06. The second kappa shape index (κ2) is 5.73. The quantitative estimate of drug-likeness (QED) is 0.828. The van der Waals surface area contributed by atoms with Crippen LogP contribution in [0.15, 0.2) is 24.3 Å². The molecule has 0 saturated carbocycles. The summed E-state index contributed by atoms with van der Waals surface area (Å²) in [4.78, 5) is 12.7. The van der Waals surface area contributed by atoms with Crippen molar-refractivity contribution in [3.8, 4) is 6.07 Å². The molecule has 0 aliphatic carbocycles. The molecule has 16 heavy (non-hydrogen) atoms. The van der Waals surface area contributed by atoms with Crippen LogP contribution in [0.25, 0.3) is 0 Å². The van der Waals surface area contributed by atoms with E-state index in [0.29, 0.717) is 11.3 Å². The van der Waals surface area contributed by atoms with Crippen molar-refractivity contribution in [2.45, 2.75) is 0 Å². The van der Waals surface area contributed by atoms with Crippen LogP contribution >= 0.6 is 0 Å². The number of hydrogen-bond acceptors (Lipinski definition) is 4. The fourth-order valence-electron chi connectivity index (χ4n) is 1.12. The molecule has 0 radical (unpaired) electrons. The Bertz CT molecular complexity index is 412. The summed E-state index contributed by atoms with van der Waals surface area (Å²) in [5.74, 6) is 0. The number of anilines is 1. The minimum Gasteiger partial charge on any atom is -0.447 e. The molecule has 1 aromatic rings. The Hall–Kier alpha value is -2.06. The molecule has 1 N–H and O–H groups in total. The van der Waals surface area contributed by atoms with Crippen molar-refractivity contribution < 1.29 is 14.6 Å². The van der Waals surface area contributed by atoms with Gasteiger partial charge in [-0.05, 0) is 18.2 Å². The maximum atomic E-state index is 11.4. The largest absolute Gasteiger partial charge is 0.447 e. The zero-order valence-electron chi connectivity index (χ0n) is 8.88. The Kier molecular flexibility index (Phi) is 4.30. The first-order chi connectivity index (χ1) is 7.69. The molecule has 5 heteroatoms. The maximum Gasteiger partial charge on any atom is 0.414 e. The Labute approximate surface area is 93.5 Å². The van der Waals surface area contributed by atoms with Crippen molar-refractivity contribution in [3.05, 3.63) is 29.8 Å². The van der Waals surface area contributed by atoms with Gasteiger partial charge in [0.25, 0.3) is 0 Å². The van der Waals surface area contributed by atoms with E-state index >= 15 is 0 Å². The van der Waals surface area contributed by atoms with Gasteiger partial charge in [-0.3, -0.25) is 4.90 Å². The minimum atomic E-state index is -0.566. The SMILES string of the molecule is CN(C(=O)OCCO)c1cccc(C#N)c1. The summed E-state index contributed by atoms with van der Waals surface area (Å²) in [7, 11) is 1.54. The van der Waals surface area contributed by atoms with Gasteiger partial charge < -0.3 is 9.84 Å². The van der Waals surface area contributed by atoms with E-state index in [4.69, 9.17) is 15.1 Å². The van der Waals surface area contributed by atoms with Crippen LogP contribution in [0.2, 0.25) is 0 Å². The van der Waals surface area contributed by atoms with E-state index in [1.165, 1.54) is 11.9 Å². The van der Waals surface area contributed by atoms with Crippen LogP contribution in [0.5, 0.6) is 0 Å². The molecule has 1 amide bonds. The van der Waals surface area contributed by atoms with Gasteiger partial charge in [0.2, 0.25) is 0 Å². The smallest absolute Gasteiger partial charge is 0.414 e. The number of hydrogen-bond donors (Lipinski definition) is 1. The molecule has 0 aliphatic rings. The molecule has 0 aromatic heterocycles. The van der Waals surface area contributed by atoms with Crippen molar-refractivity contribution in [3.63, 3.8) is 0 Å². The van der Waals surface area contributed by atoms with Gasteiger partial charge in [0.05, 0.1) is 18.2 Å². The predicted octanol–water partition coefficient (Wildman–Crippen LogP) is 1.12. The van der Waals surface area contributed by atoms with Gasteiger partial charge in [-0.1, -0.05) is 6.07 Å². The third-order valence-electron chi connectivity index (χ3n) is 1.95. The summed E-state index contributed by atoms with van der Waals surface area (Å²) >= 11 is 0. The van der Waals surface area contributed by atoms with Crippen molar-refractivity contribution >= 4 is 11.8 Å². The highest BCUT2D eigenvalue weighted by Gasteiger charge is 2.11. The fourth-order valence-corrected chi connectivity index (χ4v) is 1.12. The molecule has 5 nitrogen and oxygen atoms in total. The van der Waals surface area contributed by atoms with Crippen LogP contribution in [-0.4, -0.2) is 31.5 Å². The Balaban J connectivity index is 2.76. The second-order valence-corrected chi connectivity index (χ2v) is 3.06. The summed E-state index contributed by atoms with van der Waals surface area (Å²) in [5.41, 5.74) is 1.04. The number of ether oxygens (including phenoxy) is 1. The predicted molar refractivity (Wildman–Crippen MR) is 58.0 cm³/mol. The molecule has 0 saturated heterocycles. The number of aliphatic hydroxyl groups excluding tert-OH is 1. The van der Waals surface area contributed by atoms with E-state index in [1.54, 1.807) is 24.3 Å². The first-order valence-electron chi connectivity index (χ1n) is 4.70. The molecule has 0 spiro atoms. The Morgan fingerprint density at radius 1 is 1.62 bits per heavy atom. The zero-order valence-corrected chi connectivity index (χ0v) is 8.88. The van der Waals surface area contributed by atoms with Crippen LogP contribution in [0, 0.1) is 11.3 Å². The van der Waals surface area contributed by atoms with Crippen LogP contribution in [0.1, 0.15) is 5.56 Å². The highest BCUT2D eigenvalue weighted by Crippen LogP contribution is 2.14. The Morgan fingerprint density at radius 2 is 2.38 bits per heavy atom. The summed E-state index contributed by atoms with van der Waals surface area (Å²) in [6, 6.07) is 8.60. The van der Waals surface area contributed by atoms with Crippen molar-refractivity contribution in [2.24, 2.45) is 0 Å². The highest BCUT2D eigenvalue weighted by molar-refractivity contribution is 5.87. The molecular formula is C11H12N2O3. The third-order valence-corrected chi connectivity index (χ3v) is 1.95. The lowest BCUT2D eigenvalue weighted by atomic mass is 10.2. The van der Waals surface area contributed by atoms with E-state index < -0.39 is 6.09 Å². The number of carbonyl (C=O) groups excluding carboxylic acids is 1. The average molecular weight is 220 g/mol. The number of carbonyl (C=O) groups is 1. The molecule has 0 atom stereocenters. The molecule has 0 unspecified atom stereocenters. The van der Waals surface area contributed by atoms with Gasteiger partial charge in [0.1, 0.15) is 6.61 Å². The summed E-state index contributed by atoms with van der Waals surface area (Å²) < 4.78 is 4.73. The molecule has 1 rings (SSSR count). The van der Waals surface area contributed by atoms with E-state index in [9.17, 15) is 4.79 Å². The summed E-state index contributed by atoms with van der Waals surface area (Å²) in [5, 5.41) is 17.2. The van der Waals surface area contributed by atoms with Gasteiger partial charge >= 0.3 is 6.09 Å². The molecule has 84 valence electrons. The van der Waals surface area contributed by atoms with Gasteiger partial charge in [0.15, 0.2) is 0 Å². The molecule has 0 bridgehead atoms. The molecule has 0 heterocycles. The highest BCUT2D eigenvalue weighted by atomic mass is 16.6. The van der Waals surface area contributed by atoms with Crippen LogP contribution in [0.3, 0.4) is 0 Å². The average Bonchev–Trinajstić information content (AvgIpc) is 2.35. The van der Waals surface area contributed by atoms with E-state index in [-0.39, 0.29) is 13.2 Å². The van der Waals surface area contributed by atoms with Gasteiger partial charge in [-0.25, -0.2) is 4.79 Å². The first-order valence-corrected chi connectivity index (χ1v) is 4.70. The van der Waals surface area contributed by atoms with Crippen LogP contribution in [-0.2, 0) is 4.74 Å². The summed E-state index contributed by atoms with van der Waals surface area (Å²) in [6.07, 6.45) is -0.566. The number of rotatable bonds is 3. The number of aliphatic hydroxyl groups is 1. The maximum absolute atomic E-state index is 11.4. The fraction of sp³-hybridized carbons (Fsp3) is 0.273. The van der Waals surface area contributed by atoms with E-state index in [1.807, 2.05) is 6.07 Å². The molecular weight excluding hydrogens is 208 g/mol. The van der Waals surface area contributed by atoms with Gasteiger partial charge in [0, 0.05) is 12.7 Å². The monoisotopic (exact) mass is 220 g/mol. The van der Waals surface area contributed by atoms with E-state index in [0.717, 1.165) is 0 Å². The Morgan fingerprint density at radius 3 is 3.00 bits per heavy atom. The third kappa shape index (κ3) is 2.97. The molecule has 1 aromatic carbocycles. The molecule has 0 aliphatic heterocycles. The normalized spacial score (nSPS) is 9.31. The zero-order chi connectivity index (χ0) is 12.0. The minimum absolute atomic E-state index is 0.0406. The van der Waals surface area contributed by atoms with Crippen LogP contribution < -0.4 is 4.90 Å².